The van der Waals surface area contributed by atoms with E-state index in [-0.39, 0.29) is 24.3 Å². The number of anilines is 1. The minimum absolute atomic E-state index is 0.163. The van der Waals surface area contributed by atoms with Crippen LogP contribution in [0.25, 0.3) is 5.52 Å². The van der Waals surface area contributed by atoms with E-state index in [2.05, 4.69) is 26.4 Å². The summed E-state index contributed by atoms with van der Waals surface area (Å²) in [7, 11) is 3.22. The summed E-state index contributed by atoms with van der Waals surface area (Å²) in [5.41, 5.74) is 4.72. The zero-order valence-electron chi connectivity index (χ0n) is 26.3. The average Bonchev–Trinajstić information content (AvgIpc) is 3.61. The van der Waals surface area contributed by atoms with Crippen molar-refractivity contribution >= 4 is 29.2 Å². The van der Waals surface area contributed by atoms with E-state index >= 15 is 0 Å². The number of nitrogens with one attached hydrogen (secondary N) is 1. The summed E-state index contributed by atoms with van der Waals surface area (Å²) >= 11 is 0. The Morgan fingerprint density at radius 2 is 1.82 bits per heavy atom. The molecule has 0 aromatic carbocycles. The fourth-order valence-electron chi connectivity index (χ4n) is 4.52. The van der Waals surface area contributed by atoms with Gasteiger partial charge in [-0.2, -0.15) is 10.4 Å². The van der Waals surface area contributed by atoms with E-state index in [1.54, 1.807) is 46.8 Å². The van der Waals surface area contributed by atoms with Gasteiger partial charge in [0.25, 0.3) is 0 Å². The summed E-state index contributed by atoms with van der Waals surface area (Å²) in [4.78, 5) is 44.6. The standard InChI is InChI=1S/C29H43N7O8/c1-17(2)26(37)43-23(21-8-9-22-25(31)32-15-34-36(21)22)24(44-27(38)18(3)4)29(13-30,40-7)14-41-16-33-19(5)28(39)42-20-10-11-35(6)12-20/h8-9,15,17-20,23-24,33H,10-12,14,16H2,1-7H3,(H2,31,32,34)/t19-,20+,23-,24-,29?/m0/s1. The third-order valence-corrected chi connectivity index (χ3v) is 7.31. The maximum absolute atomic E-state index is 13.0. The first-order valence-electron chi connectivity index (χ1n) is 14.5. The Hall–Kier alpha value is -3.84. The summed E-state index contributed by atoms with van der Waals surface area (Å²) in [5, 5.41) is 17.6. The molecular weight excluding hydrogens is 574 g/mol. The number of fused-ring (bicyclic) bond motifs is 1. The van der Waals surface area contributed by atoms with Gasteiger partial charge in [0.15, 0.2) is 18.0 Å². The number of nitrogen functional groups attached to an aromatic ring is 1. The van der Waals surface area contributed by atoms with Crippen molar-refractivity contribution in [2.45, 2.75) is 71.0 Å². The van der Waals surface area contributed by atoms with Crippen LogP contribution < -0.4 is 11.1 Å². The fourth-order valence-corrected chi connectivity index (χ4v) is 4.52. The number of carbonyl (C=O) groups excluding carboxylic acids is 3. The summed E-state index contributed by atoms with van der Waals surface area (Å²) in [6.45, 7) is 9.09. The van der Waals surface area contributed by atoms with Crippen LogP contribution in [0.3, 0.4) is 0 Å². The van der Waals surface area contributed by atoms with Crippen LogP contribution >= 0.6 is 0 Å². The topological polar surface area (TPSA) is 193 Å². The van der Waals surface area contributed by atoms with Crippen LogP contribution in [0, 0.1) is 23.2 Å². The molecule has 5 atom stereocenters. The Morgan fingerprint density at radius 1 is 1.14 bits per heavy atom. The van der Waals surface area contributed by atoms with E-state index in [0.717, 1.165) is 13.0 Å². The molecule has 242 valence electrons. The smallest absolute Gasteiger partial charge is 0.323 e. The normalized spacial score (nSPS) is 18.9. The van der Waals surface area contributed by atoms with Gasteiger partial charge in [-0.25, -0.2) is 9.50 Å². The van der Waals surface area contributed by atoms with E-state index in [1.807, 2.05) is 7.05 Å². The van der Waals surface area contributed by atoms with Gasteiger partial charge in [-0.1, -0.05) is 27.7 Å². The molecular formula is C29H43N7O8. The van der Waals surface area contributed by atoms with Crippen molar-refractivity contribution < 1.29 is 38.1 Å². The second kappa shape index (κ2) is 15.2. The Kier molecular flexibility index (Phi) is 12.0. The maximum Gasteiger partial charge on any atom is 0.323 e. The quantitative estimate of drug-likeness (QED) is 0.125. The number of carbonyl (C=O) groups is 3. The lowest BCUT2D eigenvalue weighted by molar-refractivity contribution is -0.201. The van der Waals surface area contributed by atoms with E-state index in [4.69, 9.17) is 29.4 Å². The Balaban J connectivity index is 1.89. The average molecular weight is 618 g/mol. The first-order chi connectivity index (χ1) is 20.8. The predicted molar refractivity (Wildman–Crippen MR) is 157 cm³/mol. The van der Waals surface area contributed by atoms with Gasteiger partial charge in [0.1, 0.15) is 30.1 Å². The number of rotatable bonds is 15. The van der Waals surface area contributed by atoms with Crippen LogP contribution in [0.1, 0.15) is 52.8 Å². The minimum atomic E-state index is -1.98. The molecule has 2 aromatic rings. The lowest BCUT2D eigenvalue weighted by Gasteiger charge is -2.37. The summed E-state index contributed by atoms with van der Waals surface area (Å²) in [6, 6.07) is 4.57. The molecule has 0 amide bonds. The van der Waals surface area contributed by atoms with Crippen molar-refractivity contribution in [3.8, 4) is 6.07 Å². The van der Waals surface area contributed by atoms with E-state index in [1.165, 1.54) is 18.0 Å². The summed E-state index contributed by atoms with van der Waals surface area (Å²) in [5.74, 6) is -2.71. The number of likely N-dealkylation sites (tertiary alicyclic amines) is 1. The molecule has 3 heterocycles. The molecule has 3 rings (SSSR count). The number of likely N-dealkylation sites (N-methyl/N-ethyl adjacent to an activating group) is 1. The number of ether oxygens (including phenoxy) is 5. The van der Waals surface area contributed by atoms with Gasteiger partial charge in [-0.3, -0.25) is 19.7 Å². The van der Waals surface area contributed by atoms with Gasteiger partial charge in [0, 0.05) is 20.2 Å². The summed E-state index contributed by atoms with van der Waals surface area (Å²) in [6.07, 6.45) is -1.09. The van der Waals surface area contributed by atoms with Gasteiger partial charge in [0.2, 0.25) is 5.60 Å². The van der Waals surface area contributed by atoms with E-state index in [0.29, 0.717) is 12.1 Å². The molecule has 1 unspecified atom stereocenters. The van der Waals surface area contributed by atoms with Gasteiger partial charge in [-0.05, 0) is 32.5 Å². The van der Waals surface area contributed by atoms with Crippen LogP contribution in [0.15, 0.2) is 18.5 Å². The molecule has 1 aliphatic heterocycles. The van der Waals surface area contributed by atoms with Crippen LogP contribution in [-0.2, 0) is 38.1 Å². The number of hydrogen-bond acceptors (Lipinski definition) is 14. The van der Waals surface area contributed by atoms with Crippen molar-refractivity contribution in [3.63, 3.8) is 0 Å². The third-order valence-electron chi connectivity index (χ3n) is 7.31. The van der Waals surface area contributed by atoms with Crippen molar-refractivity contribution in [2.24, 2.45) is 11.8 Å². The van der Waals surface area contributed by atoms with Crippen LogP contribution in [0.4, 0.5) is 5.82 Å². The first-order valence-corrected chi connectivity index (χ1v) is 14.5. The zero-order valence-corrected chi connectivity index (χ0v) is 26.3. The molecule has 3 N–H and O–H groups in total. The lowest BCUT2D eigenvalue weighted by atomic mass is 9.92. The van der Waals surface area contributed by atoms with Gasteiger partial charge >= 0.3 is 17.9 Å². The zero-order chi connectivity index (χ0) is 32.6. The monoisotopic (exact) mass is 617 g/mol. The molecule has 0 saturated carbocycles. The van der Waals surface area contributed by atoms with Crippen LogP contribution in [0.5, 0.6) is 0 Å². The third kappa shape index (κ3) is 8.20. The Bertz CT molecular complexity index is 1340. The first kappa shape index (κ1) is 34.6. The van der Waals surface area contributed by atoms with Gasteiger partial charge in [0.05, 0.1) is 30.9 Å². The molecule has 0 spiro atoms. The van der Waals surface area contributed by atoms with E-state index < -0.39 is 60.2 Å². The van der Waals surface area contributed by atoms with Gasteiger partial charge in [-0.15, -0.1) is 0 Å². The highest BCUT2D eigenvalue weighted by molar-refractivity contribution is 5.75. The SMILES string of the molecule is COC(C#N)(COCN[C@@H](C)C(=O)O[C@@H]1CCN(C)C1)[C@@H](OC(=O)C(C)C)[C@@H](OC(=O)C(C)C)c1ccc2c(N)ncnn12. The molecule has 15 heteroatoms. The van der Waals surface area contributed by atoms with E-state index in [9.17, 15) is 19.6 Å². The number of nitrogens with zero attached hydrogens (tertiary/aromatic N) is 5. The molecule has 15 nitrogen and oxygen atoms in total. The highest BCUT2D eigenvalue weighted by atomic mass is 16.6. The Labute approximate surface area is 256 Å². The molecule has 0 aliphatic carbocycles. The minimum Gasteiger partial charge on any atom is -0.460 e. The number of nitriles is 1. The van der Waals surface area contributed by atoms with Gasteiger partial charge < -0.3 is 34.3 Å². The molecule has 44 heavy (non-hydrogen) atoms. The van der Waals surface area contributed by atoms with Crippen molar-refractivity contribution in [2.75, 3.05) is 46.3 Å². The maximum atomic E-state index is 13.0. The second-order valence-electron chi connectivity index (χ2n) is 11.5. The Morgan fingerprint density at radius 3 is 2.41 bits per heavy atom. The van der Waals surface area contributed by atoms with Crippen LogP contribution in [0.2, 0.25) is 0 Å². The second-order valence-corrected chi connectivity index (χ2v) is 11.5. The molecule has 0 radical (unpaired) electrons. The largest absolute Gasteiger partial charge is 0.460 e. The molecule has 1 saturated heterocycles. The lowest BCUT2D eigenvalue weighted by Crippen LogP contribution is -2.54. The van der Waals surface area contributed by atoms with Crippen molar-refractivity contribution in [3.05, 3.63) is 24.2 Å². The number of methoxy groups -OCH3 is 1. The molecule has 1 fully saturated rings. The molecule has 0 bridgehead atoms. The number of nitrogens with two attached hydrogens (primary N) is 1. The number of aromatic nitrogens is 3. The highest BCUT2D eigenvalue weighted by Gasteiger charge is 2.51. The molecule has 2 aromatic heterocycles. The highest BCUT2D eigenvalue weighted by Crippen LogP contribution is 2.35. The number of hydrogen-bond donors (Lipinski definition) is 2. The summed E-state index contributed by atoms with van der Waals surface area (Å²) < 4.78 is 30.2. The molecule has 1 aliphatic rings. The van der Waals surface area contributed by atoms with Crippen molar-refractivity contribution in [1.29, 1.82) is 5.26 Å². The van der Waals surface area contributed by atoms with Crippen molar-refractivity contribution in [1.82, 2.24) is 24.8 Å². The van der Waals surface area contributed by atoms with Crippen LogP contribution in [-0.4, -0.2) is 102 Å². The fraction of sp³-hybridized carbons (Fsp3) is 0.655. The predicted octanol–water partition coefficient (Wildman–Crippen LogP) is 1.23. The number of esters is 3.